The number of aromatic amines is 1. The molecule has 0 bridgehead atoms. The summed E-state index contributed by atoms with van der Waals surface area (Å²) in [7, 11) is 0. The molecule has 2 aliphatic rings. The normalized spacial score (nSPS) is 20.9. The summed E-state index contributed by atoms with van der Waals surface area (Å²) in [4.78, 5) is 31.2. The van der Waals surface area contributed by atoms with E-state index < -0.39 is 0 Å². The minimum Gasteiger partial charge on any atom is -0.336 e. The SMILES string of the molecule is Cc1ccc(C(=O)N2CCN([C@@H](C#N)C3CCCCC3)CC2)c(=O)[nH]1. The molecule has 1 aromatic rings. The molecule has 1 aliphatic heterocycles. The third-order valence-electron chi connectivity index (χ3n) is 5.51. The first kappa shape index (κ1) is 17.7. The van der Waals surface area contributed by atoms with Gasteiger partial charge in [-0.3, -0.25) is 14.5 Å². The molecule has 0 radical (unpaired) electrons. The summed E-state index contributed by atoms with van der Waals surface area (Å²) >= 11 is 0. The van der Waals surface area contributed by atoms with Crippen molar-refractivity contribution >= 4 is 5.91 Å². The van der Waals surface area contributed by atoms with Crippen LogP contribution in [0.3, 0.4) is 0 Å². The average molecular weight is 342 g/mol. The van der Waals surface area contributed by atoms with Crippen LogP contribution in [0.5, 0.6) is 0 Å². The van der Waals surface area contributed by atoms with E-state index in [1.807, 2.05) is 0 Å². The van der Waals surface area contributed by atoms with Crippen molar-refractivity contribution in [3.05, 3.63) is 33.7 Å². The molecule has 0 aromatic carbocycles. The highest BCUT2D eigenvalue weighted by molar-refractivity contribution is 5.93. The van der Waals surface area contributed by atoms with Gasteiger partial charge in [0.15, 0.2) is 0 Å². The van der Waals surface area contributed by atoms with Crippen molar-refractivity contribution in [2.24, 2.45) is 5.92 Å². The maximum Gasteiger partial charge on any atom is 0.260 e. The van der Waals surface area contributed by atoms with E-state index in [1.54, 1.807) is 24.0 Å². The molecule has 2 heterocycles. The van der Waals surface area contributed by atoms with Gasteiger partial charge in [0.05, 0.1) is 6.07 Å². The van der Waals surface area contributed by atoms with Crippen LogP contribution < -0.4 is 5.56 Å². The predicted molar refractivity (Wildman–Crippen MR) is 95.3 cm³/mol. The number of H-pyrrole nitrogens is 1. The van der Waals surface area contributed by atoms with Crippen molar-refractivity contribution in [2.75, 3.05) is 26.2 Å². The number of nitrogens with one attached hydrogen (secondary N) is 1. The zero-order chi connectivity index (χ0) is 17.8. The van der Waals surface area contributed by atoms with Gasteiger partial charge in [-0.05, 0) is 37.8 Å². The second-order valence-corrected chi connectivity index (χ2v) is 7.18. The number of carbonyl (C=O) groups is 1. The van der Waals surface area contributed by atoms with Crippen LogP contribution in [0.1, 0.15) is 48.2 Å². The molecule has 3 rings (SSSR count). The van der Waals surface area contributed by atoms with Crippen molar-refractivity contribution in [2.45, 2.75) is 45.1 Å². The first-order valence-corrected chi connectivity index (χ1v) is 9.23. The number of nitriles is 1. The molecule has 6 heteroatoms. The lowest BCUT2D eigenvalue weighted by Crippen LogP contribution is -2.54. The summed E-state index contributed by atoms with van der Waals surface area (Å²) in [6.07, 6.45) is 5.99. The molecule has 25 heavy (non-hydrogen) atoms. The maximum absolute atomic E-state index is 12.6. The number of pyridine rings is 1. The van der Waals surface area contributed by atoms with E-state index in [-0.39, 0.29) is 23.1 Å². The van der Waals surface area contributed by atoms with E-state index in [9.17, 15) is 14.9 Å². The Morgan fingerprint density at radius 1 is 1.20 bits per heavy atom. The third-order valence-corrected chi connectivity index (χ3v) is 5.51. The number of carbonyl (C=O) groups excluding carboxylic acids is 1. The van der Waals surface area contributed by atoms with Gasteiger partial charge in [0.2, 0.25) is 0 Å². The van der Waals surface area contributed by atoms with Crippen molar-refractivity contribution in [1.29, 1.82) is 5.26 Å². The molecule has 1 amide bonds. The van der Waals surface area contributed by atoms with Crippen molar-refractivity contribution < 1.29 is 4.79 Å². The summed E-state index contributed by atoms with van der Waals surface area (Å²) in [6.45, 7) is 4.32. The fourth-order valence-corrected chi connectivity index (χ4v) is 4.05. The van der Waals surface area contributed by atoms with Crippen LogP contribution in [0.4, 0.5) is 0 Å². The smallest absolute Gasteiger partial charge is 0.260 e. The van der Waals surface area contributed by atoms with Crippen LogP contribution in [-0.4, -0.2) is 52.9 Å². The molecule has 1 aliphatic carbocycles. The lowest BCUT2D eigenvalue weighted by atomic mass is 9.83. The van der Waals surface area contributed by atoms with Crippen LogP contribution in [0.25, 0.3) is 0 Å². The van der Waals surface area contributed by atoms with Crippen LogP contribution in [0.2, 0.25) is 0 Å². The number of hydrogen-bond acceptors (Lipinski definition) is 4. The topological polar surface area (TPSA) is 80.2 Å². The quantitative estimate of drug-likeness (QED) is 0.910. The fourth-order valence-electron chi connectivity index (χ4n) is 4.05. The summed E-state index contributed by atoms with van der Waals surface area (Å²) in [6, 6.07) is 5.81. The van der Waals surface area contributed by atoms with Crippen molar-refractivity contribution in [3.63, 3.8) is 0 Å². The highest BCUT2D eigenvalue weighted by Gasteiger charge is 2.32. The van der Waals surface area contributed by atoms with E-state index in [1.165, 1.54) is 19.3 Å². The van der Waals surface area contributed by atoms with E-state index in [4.69, 9.17) is 0 Å². The van der Waals surface area contributed by atoms with Gasteiger partial charge in [-0.1, -0.05) is 19.3 Å². The first-order valence-electron chi connectivity index (χ1n) is 9.23. The van der Waals surface area contributed by atoms with Crippen molar-refractivity contribution in [3.8, 4) is 6.07 Å². The minimum absolute atomic E-state index is 0.0414. The van der Waals surface area contributed by atoms with E-state index >= 15 is 0 Å². The Morgan fingerprint density at radius 2 is 1.88 bits per heavy atom. The van der Waals surface area contributed by atoms with E-state index in [0.717, 1.165) is 18.5 Å². The highest BCUT2D eigenvalue weighted by atomic mass is 16.2. The largest absolute Gasteiger partial charge is 0.336 e. The van der Waals surface area contributed by atoms with Gasteiger partial charge in [0.25, 0.3) is 11.5 Å². The van der Waals surface area contributed by atoms with Crippen LogP contribution in [0.15, 0.2) is 16.9 Å². The number of amides is 1. The second-order valence-electron chi connectivity index (χ2n) is 7.18. The molecule has 6 nitrogen and oxygen atoms in total. The highest BCUT2D eigenvalue weighted by Crippen LogP contribution is 2.29. The summed E-state index contributed by atoms with van der Waals surface area (Å²) in [5.41, 5.74) is 0.614. The zero-order valence-corrected chi connectivity index (χ0v) is 14.8. The van der Waals surface area contributed by atoms with Crippen LogP contribution in [-0.2, 0) is 0 Å². The molecule has 1 saturated heterocycles. The number of nitrogens with zero attached hydrogens (tertiary/aromatic N) is 3. The molecule has 1 atom stereocenters. The first-order chi connectivity index (χ1) is 12.1. The zero-order valence-electron chi connectivity index (χ0n) is 14.8. The molecule has 0 spiro atoms. The van der Waals surface area contributed by atoms with Crippen molar-refractivity contribution in [1.82, 2.24) is 14.8 Å². The summed E-state index contributed by atoms with van der Waals surface area (Å²) in [5, 5.41) is 9.63. The number of hydrogen-bond donors (Lipinski definition) is 1. The molecule has 1 aromatic heterocycles. The van der Waals surface area contributed by atoms with Crippen LogP contribution >= 0.6 is 0 Å². The van der Waals surface area contributed by atoms with Gasteiger partial charge in [0.1, 0.15) is 11.6 Å². The van der Waals surface area contributed by atoms with Crippen LogP contribution in [0, 0.1) is 24.2 Å². The summed E-state index contributed by atoms with van der Waals surface area (Å²) in [5.74, 6) is 0.244. The Labute approximate surface area is 148 Å². The van der Waals surface area contributed by atoms with Gasteiger partial charge in [-0.15, -0.1) is 0 Å². The third kappa shape index (κ3) is 3.93. The Morgan fingerprint density at radius 3 is 2.48 bits per heavy atom. The van der Waals surface area contributed by atoms with E-state index in [0.29, 0.717) is 32.1 Å². The molecular formula is C19H26N4O2. The molecule has 1 saturated carbocycles. The number of piperazine rings is 1. The Bertz CT molecular complexity index is 707. The Balaban J connectivity index is 1.62. The lowest BCUT2D eigenvalue weighted by molar-refractivity contribution is 0.0537. The standard InChI is InChI=1S/C19H26N4O2/c1-14-7-8-16(18(24)21-14)19(25)23-11-9-22(10-12-23)17(13-20)15-5-3-2-4-6-15/h7-8,15,17H,2-6,9-12H2,1H3,(H,21,24)/t17-/m0/s1. The minimum atomic E-state index is -0.329. The lowest BCUT2D eigenvalue weighted by Gasteiger charge is -2.40. The van der Waals surface area contributed by atoms with Gasteiger partial charge in [-0.2, -0.15) is 5.26 Å². The predicted octanol–water partition coefficient (Wildman–Crippen LogP) is 1.91. The Kier molecular flexibility index (Phi) is 5.54. The monoisotopic (exact) mass is 342 g/mol. The molecule has 134 valence electrons. The average Bonchev–Trinajstić information content (AvgIpc) is 2.63. The van der Waals surface area contributed by atoms with Gasteiger partial charge in [0, 0.05) is 31.9 Å². The number of aryl methyl sites for hydroxylation is 1. The van der Waals surface area contributed by atoms with E-state index in [2.05, 4.69) is 16.0 Å². The fraction of sp³-hybridized carbons (Fsp3) is 0.632. The maximum atomic E-state index is 12.6. The number of aromatic nitrogens is 1. The summed E-state index contributed by atoms with van der Waals surface area (Å²) < 4.78 is 0. The Hall–Kier alpha value is -2.13. The molecule has 0 unspecified atom stereocenters. The number of rotatable bonds is 3. The van der Waals surface area contributed by atoms with Gasteiger partial charge >= 0.3 is 0 Å². The van der Waals surface area contributed by atoms with Gasteiger partial charge in [-0.25, -0.2) is 0 Å². The second kappa shape index (κ2) is 7.83. The van der Waals surface area contributed by atoms with Gasteiger partial charge < -0.3 is 9.88 Å². The molecule has 1 N–H and O–H groups in total. The molecule has 2 fully saturated rings. The molecular weight excluding hydrogens is 316 g/mol.